The van der Waals surface area contributed by atoms with Crippen molar-refractivity contribution < 1.29 is 24.0 Å². The first-order valence-corrected chi connectivity index (χ1v) is 12.3. The number of carbonyl (C=O) groups excluding carboxylic acids is 3. The summed E-state index contributed by atoms with van der Waals surface area (Å²) in [5, 5.41) is 29.6. The highest BCUT2D eigenvalue weighted by Gasteiger charge is 2.33. The van der Waals surface area contributed by atoms with Crippen molar-refractivity contribution >= 4 is 35.5 Å². The summed E-state index contributed by atoms with van der Waals surface area (Å²) in [6, 6.07) is 8.57. The summed E-state index contributed by atoms with van der Waals surface area (Å²) in [5.41, 5.74) is 2.41. The van der Waals surface area contributed by atoms with Crippen LogP contribution in [0.4, 0.5) is 5.69 Å². The van der Waals surface area contributed by atoms with Crippen LogP contribution in [0.1, 0.15) is 41.9 Å². The Morgan fingerprint density at radius 2 is 2.03 bits per heavy atom. The zero-order chi connectivity index (χ0) is 26.2. The Labute approximate surface area is 212 Å². The van der Waals surface area contributed by atoms with Gasteiger partial charge < -0.3 is 25.2 Å². The Balaban J connectivity index is 0.000000840. The fourth-order valence-corrected chi connectivity index (χ4v) is 3.83. The van der Waals surface area contributed by atoms with Gasteiger partial charge in [0.25, 0.3) is 5.91 Å². The van der Waals surface area contributed by atoms with Gasteiger partial charge in [-0.1, -0.05) is 0 Å². The second kappa shape index (κ2) is 12.5. The number of benzene rings is 1. The van der Waals surface area contributed by atoms with Crippen molar-refractivity contribution in [2.24, 2.45) is 5.92 Å². The lowest BCUT2D eigenvalue weighted by Crippen LogP contribution is -2.48. The molecular weight excluding hydrogens is 486 g/mol. The van der Waals surface area contributed by atoms with Crippen LogP contribution in [0, 0.1) is 17.2 Å². The van der Waals surface area contributed by atoms with Gasteiger partial charge in [0.1, 0.15) is 5.69 Å². The highest BCUT2D eigenvalue weighted by atomic mass is 32.2. The lowest BCUT2D eigenvalue weighted by molar-refractivity contribution is -0.119. The zero-order valence-electron chi connectivity index (χ0n) is 20.0. The maximum Gasteiger partial charge on any atom is 0.273 e. The summed E-state index contributed by atoms with van der Waals surface area (Å²) in [7, 11) is 1.68. The van der Waals surface area contributed by atoms with Crippen LogP contribution in [-0.4, -0.2) is 74.8 Å². The zero-order valence-corrected chi connectivity index (χ0v) is 20.8. The molecule has 1 aliphatic carbocycles. The number of carbonyl (C=O) groups is 3. The molecule has 0 radical (unpaired) electrons. The average Bonchev–Trinajstić information content (AvgIpc) is 3.64. The number of fused-ring (bicyclic) bond motifs is 1. The van der Waals surface area contributed by atoms with Gasteiger partial charge in [0.05, 0.1) is 48.2 Å². The van der Waals surface area contributed by atoms with E-state index >= 15 is 0 Å². The van der Waals surface area contributed by atoms with Gasteiger partial charge in [0.15, 0.2) is 0 Å². The molecule has 192 valence electrons. The molecule has 1 unspecified atom stereocenters. The number of nitrogens with one attached hydrogen (secondary N) is 3. The Morgan fingerprint density at radius 1 is 1.31 bits per heavy atom. The average molecular weight is 516 g/mol. The van der Waals surface area contributed by atoms with Crippen molar-refractivity contribution in [3.05, 3.63) is 35.5 Å². The van der Waals surface area contributed by atoms with Gasteiger partial charge in [0.2, 0.25) is 11.8 Å². The van der Waals surface area contributed by atoms with E-state index < -0.39 is 0 Å². The predicted molar refractivity (Wildman–Crippen MR) is 134 cm³/mol. The molecule has 2 heterocycles. The molecular formula is C23H29N7O5S. The number of nitrogens with zero attached hydrogens (tertiary/aromatic N) is 4. The summed E-state index contributed by atoms with van der Waals surface area (Å²) in [4.78, 5) is 38.5. The molecule has 1 aromatic carbocycles. The number of rotatable bonds is 8. The number of anilines is 1. The molecule has 1 aromatic heterocycles. The summed E-state index contributed by atoms with van der Waals surface area (Å²) in [6.45, 7) is 2.38. The van der Waals surface area contributed by atoms with E-state index in [1.54, 1.807) is 36.0 Å². The van der Waals surface area contributed by atoms with E-state index in [-0.39, 0.29) is 48.8 Å². The summed E-state index contributed by atoms with van der Waals surface area (Å²) < 4.78 is 10.4. The summed E-state index contributed by atoms with van der Waals surface area (Å²) in [6.07, 6.45) is 1.71. The summed E-state index contributed by atoms with van der Waals surface area (Å²) >= 11 is 0.421. The Bertz CT molecular complexity index is 1160. The minimum Gasteiger partial charge on any atom is -0.381 e. The van der Waals surface area contributed by atoms with Crippen molar-refractivity contribution in [3.63, 3.8) is 0 Å². The van der Waals surface area contributed by atoms with Crippen molar-refractivity contribution in [2.75, 3.05) is 38.1 Å². The highest BCUT2D eigenvalue weighted by Crippen LogP contribution is 2.34. The van der Waals surface area contributed by atoms with Gasteiger partial charge >= 0.3 is 0 Å². The van der Waals surface area contributed by atoms with Crippen LogP contribution in [0.5, 0.6) is 0 Å². The molecule has 36 heavy (non-hydrogen) atoms. The van der Waals surface area contributed by atoms with Crippen molar-refractivity contribution in [2.45, 2.75) is 25.8 Å². The fraction of sp³-hybridized carbons (Fsp3) is 0.435. The number of amides is 3. The van der Waals surface area contributed by atoms with E-state index in [4.69, 9.17) is 9.66 Å². The van der Waals surface area contributed by atoms with Crippen molar-refractivity contribution in [1.29, 1.82) is 5.26 Å². The Kier molecular flexibility index (Phi) is 9.43. The Morgan fingerprint density at radius 3 is 2.64 bits per heavy atom. The van der Waals surface area contributed by atoms with Crippen LogP contribution in [0.15, 0.2) is 24.3 Å². The van der Waals surface area contributed by atoms with Gasteiger partial charge in [-0.15, -0.1) is 0 Å². The lowest BCUT2D eigenvalue weighted by atomic mass is 10.1. The molecule has 1 atom stereocenters. The number of aliphatic hydroxyl groups excluding tert-OH is 1. The smallest absolute Gasteiger partial charge is 0.273 e. The molecule has 12 nitrogen and oxygen atoms in total. The third kappa shape index (κ3) is 6.61. The number of hydrogen-bond donors (Lipinski definition) is 5. The minimum absolute atomic E-state index is 0.00149. The molecule has 0 bridgehead atoms. The van der Waals surface area contributed by atoms with E-state index in [0.717, 1.165) is 12.8 Å². The van der Waals surface area contributed by atoms with Crippen LogP contribution in [0.3, 0.4) is 0 Å². The van der Waals surface area contributed by atoms with Crippen molar-refractivity contribution in [1.82, 2.24) is 25.3 Å². The van der Waals surface area contributed by atoms with Crippen LogP contribution in [-0.2, 0) is 9.59 Å². The molecule has 1 aliphatic heterocycles. The molecule has 0 spiro atoms. The molecule has 2 aromatic rings. The number of nitriles is 1. The molecule has 13 heteroatoms. The second-order valence-electron chi connectivity index (χ2n) is 8.41. The normalized spacial score (nSPS) is 16.4. The van der Waals surface area contributed by atoms with Gasteiger partial charge in [0, 0.05) is 18.0 Å². The molecule has 1 fully saturated rings. The fourth-order valence-electron chi connectivity index (χ4n) is 3.61. The first kappa shape index (κ1) is 27.2. The van der Waals surface area contributed by atoms with Gasteiger partial charge in [-0.3, -0.25) is 24.4 Å². The first-order chi connectivity index (χ1) is 17.3. The number of aliphatic hydroxyl groups is 1. The maximum absolute atomic E-state index is 13.0. The van der Waals surface area contributed by atoms with Gasteiger partial charge in [-0.25, -0.2) is 0 Å². The van der Waals surface area contributed by atoms with Crippen LogP contribution in [0.25, 0.3) is 11.3 Å². The molecule has 3 amide bonds. The predicted octanol–water partition coefficient (Wildman–Crippen LogP) is 1.22. The number of hydrogen-bond acceptors (Lipinski definition) is 9. The van der Waals surface area contributed by atoms with Gasteiger partial charge in [-0.2, -0.15) is 10.4 Å². The molecule has 1 saturated carbocycles. The third-order valence-electron chi connectivity index (χ3n) is 5.60. The molecule has 5 N–H and O–H groups in total. The molecule has 4 rings (SSSR count). The topological polar surface area (TPSA) is 173 Å². The molecule has 2 aliphatic rings. The van der Waals surface area contributed by atoms with E-state index in [9.17, 15) is 19.6 Å². The third-order valence-corrected chi connectivity index (χ3v) is 5.99. The van der Waals surface area contributed by atoms with Crippen LogP contribution >= 0.6 is 12.0 Å². The molecule has 0 saturated heterocycles. The standard InChI is InChI=1S/C21H22N6O4S.C2H7NO/c1-12-9-26(11-23-19(28)10-32-31)21(30)18-7-17(25-27(12)18)15-5-2-13(8-22)6-16(15)24-20(29)14-3-4-14;1-3-2-4/h2,5-7,12,14,31H,3-4,9-11H2,1H3,(H,23,28)(H,24,29);3-4H,2H2,1H3. The van der Waals surface area contributed by atoms with E-state index in [2.05, 4.69) is 27.1 Å². The summed E-state index contributed by atoms with van der Waals surface area (Å²) in [5.74, 6) is -0.841. The lowest BCUT2D eigenvalue weighted by Gasteiger charge is -2.31. The minimum atomic E-state index is -0.369. The highest BCUT2D eigenvalue weighted by molar-refractivity contribution is 7.94. The number of aromatic nitrogens is 2. The van der Waals surface area contributed by atoms with Crippen LogP contribution < -0.4 is 16.0 Å². The Hall–Kier alpha value is -3.44. The monoisotopic (exact) mass is 515 g/mol. The van der Waals surface area contributed by atoms with E-state index in [1.807, 2.05) is 6.92 Å². The van der Waals surface area contributed by atoms with Gasteiger partial charge in [-0.05, 0) is 63.1 Å². The SMILES string of the molecule is CC1CN(CNC(=O)CSO)C(=O)c2cc(-c3ccc(C#N)cc3NC(=O)C3CC3)nn21.CNCO. The maximum atomic E-state index is 13.0. The quantitative estimate of drug-likeness (QED) is 0.256. The first-order valence-electron chi connectivity index (χ1n) is 11.4. The van der Waals surface area contributed by atoms with Crippen molar-refractivity contribution in [3.8, 4) is 17.3 Å². The van der Waals surface area contributed by atoms with E-state index in [0.29, 0.717) is 46.8 Å². The largest absolute Gasteiger partial charge is 0.381 e. The van der Waals surface area contributed by atoms with Crippen LogP contribution in [0.2, 0.25) is 0 Å². The van der Waals surface area contributed by atoms with E-state index in [1.165, 1.54) is 4.90 Å². The second-order valence-corrected chi connectivity index (χ2v) is 8.96.